The molecule has 1 unspecified atom stereocenters. The van der Waals surface area contributed by atoms with E-state index in [1.165, 1.54) is 31.5 Å². The van der Waals surface area contributed by atoms with E-state index in [9.17, 15) is 19.1 Å². The molecular formula is C23H26FN3O4. The summed E-state index contributed by atoms with van der Waals surface area (Å²) in [5.41, 5.74) is 3.43. The number of carbonyl (C=O) groups excluding carboxylic acids is 2. The molecule has 2 amide bonds. The maximum absolute atomic E-state index is 13.8. The third kappa shape index (κ3) is 6.15. The molecule has 31 heavy (non-hydrogen) atoms. The van der Waals surface area contributed by atoms with Gasteiger partial charge in [0.05, 0.1) is 18.9 Å². The van der Waals surface area contributed by atoms with Gasteiger partial charge in [-0.1, -0.05) is 32.1 Å². The quantitative estimate of drug-likeness (QED) is 0.325. The van der Waals surface area contributed by atoms with Crippen LogP contribution in [0.5, 0.6) is 11.5 Å². The van der Waals surface area contributed by atoms with Crippen molar-refractivity contribution in [3.8, 4) is 11.5 Å². The van der Waals surface area contributed by atoms with Crippen LogP contribution in [0.15, 0.2) is 54.2 Å². The second-order valence-electron chi connectivity index (χ2n) is 7.13. The number of hydrogen-bond acceptors (Lipinski definition) is 5. The number of hydrazone groups is 1. The van der Waals surface area contributed by atoms with E-state index in [0.29, 0.717) is 17.5 Å². The maximum atomic E-state index is 13.8. The summed E-state index contributed by atoms with van der Waals surface area (Å²) in [5, 5.41) is 16.6. The second-order valence-corrected chi connectivity index (χ2v) is 7.13. The fourth-order valence-corrected chi connectivity index (χ4v) is 2.87. The SMILES string of the molecule is C=CCc1cc(C=NNC(=O)C(NC(=O)c2ccccc2F)C(C)C)cc(OC)c1O. The van der Waals surface area contributed by atoms with Crippen LogP contribution in [0.2, 0.25) is 0 Å². The first kappa shape index (κ1) is 23.6. The number of nitrogens with zero attached hydrogens (tertiary/aromatic N) is 1. The zero-order chi connectivity index (χ0) is 23.0. The Kier molecular flexibility index (Phi) is 8.31. The molecule has 164 valence electrons. The summed E-state index contributed by atoms with van der Waals surface area (Å²) >= 11 is 0. The smallest absolute Gasteiger partial charge is 0.262 e. The van der Waals surface area contributed by atoms with Gasteiger partial charge in [-0.2, -0.15) is 5.10 Å². The Morgan fingerprint density at radius 1 is 1.29 bits per heavy atom. The largest absolute Gasteiger partial charge is 0.504 e. The number of hydrogen-bond donors (Lipinski definition) is 3. The van der Waals surface area contributed by atoms with E-state index in [0.717, 1.165) is 0 Å². The highest BCUT2D eigenvalue weighted by molar-refractivity contribution is 5.98. The number of rotatable bonds is 9. The lowest BCUT2D eigenvalue weighted by Crippen LogP contribution is -2.48. The van der Waals surface area contributed by atoms with Crippen LogP contribution in [-0.4, -0.2) is 36.3 Å². The van der Waals surface area contributed by atoms with Crippen molar-refractivity contribution in [3.63, 3.8) is 0 Å². The molecule has 0 saturated carbocycles. The third-order valence-electron chi connectivity index (χ3n) is 4.50. The molecule has 0 aliphatic rings. The Balaban J connectivity index is 2.12. The molecule has 3 N–H and O–H groups in total. The van der Waals surface area contributed by atoms with Gasteiger partial charge < -0.3 is 15.2 Å². The van der Waals surface area contributed by atoms with Crippen LogP contribution in [0, 0.1) is 11.7 Å². The number of halogens is 1. The molecule has 2 aromatic carbocycles. The number of phenolic OH excluding ortho intramolecular Hbond substituents is 1. The number of phenols is 1. The topological polar surface area (TPSA) is 100 Å². The number of nitrogens with one attached hydrogen (secondary N) is 2. The average molecular weight is 427 g/mol. The molecule has 0 spiro atoms. The van der Waals surface area contributed by atoms with Crippen LogP contribution in [0.1, 0.15) is 35.3 Å². The Bertz CT molecular complexity index is 989. The van der Waals surface area contributed by atoms with Gasteiger partial charge >= 0.3 is 0 Å². The molecular weight excluding hydrogens is 401 g/mol. The summed E-state index contributed by atoms with van der Waals surface area (Å²) < 4.78 is 19.0. The molecule has 0 fully saturated rings. The number of amides is 2. The predicted octanol–water partition coefficient (Wildman–Crippen LogP) is 3.17. The first-order valence-corrected chi connectivity index (χ1v) is 9.67. The van der Waals surface area contributed by atoms with Crippen LogP contribution in [-0.2, 0) is 11.2 Å². The van der Waals surface area contributed by atoms with Crippen molar-refractivity contribution >= 4 is 18.0 Å². The minimum absolute atomic E-state index is 0.0133. The van der Waals surface area contributed by atoms with Crippen LogP contribution in [0.3, 0.4) is 0 Å². The third-order valence-corrected chi connectivity index (χ3v) is 4.50. The van der Waals surface area contributed by atoms with E-state index in [4.69, 9.17) is 4.74 Å². The summed E-state index contributed by atoms with van der Waals surface area (Å²) in [6, 6.07) is 7.88. The number of carbonyl (C=O) groups is 2. The van der Waals surface area contributed by atoms with E-state index in [2.05, 4.69) is 22.4 Å². The number of methoxy groups -OCH3 is 1. The Morgan fingerprint density at radius 2 is 2.00 bits per heavy atom. The lowest BCUT2D eigenvalue weighted by Gasteiger charge is -2.20. The molecule has 2 rings (SSSR count). The van der Waals surface area contributed by atoms with Crippen molar-refractivity contribution < 1.29 is 23.8 Å². The first-order valence-electron chi connectivity index (χ1n) is 9.67. The van der Waals surface area contributed by atoms with Gasteiger partial charge in [-0.15, -0.1) is 6.58 Å². The summed E-state index contributed by atoms with van der Waals surface area (Å²) in [5.74, 6) is -1.89. The van der Waals surface area contributed by atoms with E-state index < -0.39 is 23.7 Å². The van der Waals surface area contributed by atoms with Crippen molar-refractivity contribution in [2.24, 2.45) is 11.0 Å². The molecule has 0 aliphatic carbocycles. The van der Waals surface area contributed by atoms with E-state index in [1.54, 1.807) is 38.1 Å². The zero-order valence-corrected chi connectivity index (χ0v) is 17.7. The van der Waals surface area contributed by atoms with Crippen LogP contribution in [0.4, 0.5) is 4.39 Å². The highest BCUT2D eigenvalue weighted by atomic mass is 19.1. The highest BCUT2D eigenvalue weighted by Gasteiger charge is 2.25. The second kappa shape index (κ2) is 10.9. The zero-order valence-electron chi connectivity index (χ0n) is 17.7. The van der Waals surface area contributed by atoms with Crippen LogP contribution >= 0.6 is 0 Å². The maximum Gasteiger partial charge on any atom is 0.262 e. The Labute approximate surface area is 180 Å². The molecule has 7 nitrogen and oxygen atoms in total. The highest BCUT2D eigenvalue weighted by Crippen LogP contribution is 2.31. The van der Waals surface area contributed by atoms with Gasteiger partial charge in [0, 0.05) is 5.56 Å². The fourth-order valence-electron chi connectivity index (χ4n) is 2.87. The van der Waals surface area contributed by atoms with Gasteiger partial charge in [-0.25, -0.2) is 9.82 Å². The molecule has 0 aromatic heterocycles. The van der Waals surface area contributed by atoms with Gasteiger partial charge in [-0.3, -0.25) is 9.59 Å². The average Bonchev–Trinajstić information content (AvgIpc) is 2.74. The van der Waals surface area contributed by atoms with Crippen molar-refractivity contribution in [1.29, 1.82) is 0 Å². The number of benzene rings is 2. The fraction of sp³-hybridized carbons (Fsp3) is 0.261. The van der Waals surface area contributed by atoms with Gasteiger partial charge in [0.2, 0.25) is 0 Å². The number of aromatic hydroxyl groups is 1. The van der Waals surface area contributed by atoms with E-state index >= 15 is 0 Å². The predicted molar refractivity (Wildman–Crippen MR) is 117 cm³/mol. The van der Waals surface area contributed by atoms with Crippen molar-refractivity contribution in [1.82, 2.24) is 10.7 Å². The standard InChI is InChI=1S/C23H26FN3O4/c1-5-8-16-11-15(12-19(31-4)21(16)28)13-25-27-23(30)20(14(2)3)26-22(29)17-9-6-7-10-18(17)24/h5-7,9-14,20,28H,1,8H2,2-4H3,(H,26,29)(H,27,30). The normalized spacial score (nSPS) is 11.9. The lowest BCUT2D eigenvalue weighted by molar-refractivity contribution is -0.123. The van der Waals surface area contributed by atoms with E-state index in [1.807, 2.05) is 0 Å². The summed E-state index contributed by atoms with van der Waals surface area (Å²) in [7, 11) is 1.43. The Hall–Kier alpha value is -3.68. The Morgan fingerprint density at radius 3 is 2.61 bits per heavy atom. The van der Waals surface area contributed by atoms with Gasteiger partial charge in [-0.05, 0) is 42.2 Å². The van der Waals surface area contributed by atoms with Gasteiger partial charge in [0.1, 0.15) is 11.9 Å². The number of allylic oxidation sites excluding steroid dienone is 1. The molecule has 0 bridgehead atoms. The van der Waals surface area contributed by atoms with Gasteiger partial charge in [0.25, 0.3) is 11.8 Å². The summed E-state index contributed by atoms with van der Waals surface area (Å²) in [4.78, 5) is 24.9. The van der Waals surface area contributed by atoms with Crippen molar-refractivity contribution in [2.75, 3.05) is 7.11 Å². The first-order chi connectivity index (χ1) is 14.8. The molecule has 1 atom stereocenters. The molecule has 0 aliphatic heterocycles. The molecule has 0 heterocycles. The summed E-state index contributed by atoms with van der Waals surface area (Å²) in [6.07, 6.45) is 3.46. The molecule has 0 radical (unpaired) electrons. The lowest BCUT2D eigenvalue weighted by atomic mass is 10.0. The molecule has 8 heteroatoms. The molecule has 2 aromatic rings. The van der Waals surface area contributed by atoms with Crippen LogP contribution in [0.25, 0.3) is 0 Å². The van der Waals surface area contributed by atoms with Crippen molar-refractivity contribution in [2.45, 2.75) is 26.3 Å². The minimum atomic E-state index is -0.921. The minimum Gasteiger partial charge on any atom is -0.504 e. The van der Waals surface area contributed by atoms with E-state index in [-0.39, 0.29) is 23.0 Å². The summed E-state index contributed by atoms with van der Waals surface area (Å²) in [6.45, 7) is 7.16. The van der Waals surface area contributed by atoms with Crippen molar-refractivity contribution in [3.05, 3.63) is 71.6 Å². The number of ether oxygens (including phenoxy) is 1. The molecule has 0 saturated heterocycles. The van der Waals surface area contributed by atoms with Crippen LogP contribution < -0.4 is 15.5 Å². The monoisotopic (exact) mass is 427 g/mol. The van der Waals surface area contributed by atoms with Gasteiger partial charge in [0.15, 0.2) is 11.5 Å².